The van der Waals surface area contributed by atoms with Gasteiger partial charge >= 0.3 is 5.97 Å². The van der Waals surface area contributed by atoms with Crippen molar-refractivity contribution in [2.45, 2.75) is 45.3 Å². The maximum atomic E-state index is 12.8. The minimum atomic E-state index is -0.581. The maximum Gasteiger partial charge on any atom is 0.338 e. The highest BCUT2D eigenvalue weighted by Gasteiger charge is 2.35. The van der Waals surface area contributed by atoms with E-state index in [0.29, 0.717) is 47.0 Å². The fourth-order valence-corrected chi connectivity index (χ4v) is 4.53. The summed E-state index contributed by atoms with van der Waals surface area (Å²) in [6.45, 7) is 8.89. The monoisotopic (exact) mass is 503 g/mol. The molecule has 11 heteroatoms. The van der Waals surface area contributed by atoms with Crippen LogP contribution in [-0.4, -0.2) is 71.2 Å². The smallest absolute Gasteiger partial charge is 0.338 e. The number of hydrogen-bond acceptors (Lipinski definition) is 9. The zero-order valence-corrected chi connectivity index (χ0v) is 21.9. The van der Waals surface area contributed by atoms with Crippen molar-refractivity contribution in [2.75, 3.05) is 45.0 Å². The van der Waals surface area contributed by atoms with Crippen molar-refractivity contribution in [3.8, 4) is 11.5 Å². The van der Waals surface area contributed by atoms with Gasteiger partial charge in [0, 0.05) is 24.5 Å². The zero-order chi connectivity index (χ0) is 25.5. The predicted molar refractivity (Wildman–Crippen MR) is 134 cm³/mol. The molecule has 2 aromatic rings. The number of fused-ring (bicyclic) bond motifs is 1. The Kier molecular flexibility index (Phi) is 9.02. The molecule has 1 aliphatic heterocycles. The van der Waals surface area contributed by atoms with Crippen molar-refractivity contribution >= 4 is 29.6 Å². The lowest BCUT2D eigenvalue weighted by atomic mass is 9.95. The second-order valence-electron chi connectivity index (χ2n) is 7.83. The number of methoxy groups -OCH3 is 2. The Hall–Kier alpha value is -3.21. The van der Waals surface area contributed by atoms with Crippen LogP contribution in [0.5, 0.6) is 11.5 Å². The molecule has 0 saturated carbocycles. The Labute approximate surface area is 210 Å². The third-order valence-corrected chi connectivity index (χ3v) is 6.69. The number of anilines is 1. The van der Waals surface area contributed by atoms with E-state index in [-0.39, 0.29) is 12.5 Å². The summed E-state index contributed by atoms with van der Waals surface area (Å²) in [6, 6.07) is 4.77. The van der Waals surface area contributed by atoms with E-state index in [4.69, 9.17) is 14.2 Å². The number of aromatic nitrogens is 3. The van der Waals surface area contributed by atoms with E-state index >= 15 is 0 Å². The number of likely N-dealkylation sites (N-methyl/N-ethyl adjacent to an activating group) is 1. The molecule has 190 valence electrons. The number of benzene rings is 1. The van der Waals surface area contributed by atoms with Crippen molar-refractivity contribution in [2.24, 2.45) is 0 Å². The van der Waals surface area contributed by atoms with Crippen LogP contribution in [0.25, 0.3) is 0 Å². The summed E-state index contributed by atoms with van der Waals surface area (Å²) in [6.07, 6.45) is 0.992. The van der Waals surface area contributed by atoms with Gasteiger partial charge in [-0.3, -0.25) is 4.79 Å². The summed E-state index contributed by atoms with van der Waals surface area (Å²) in [5.74, 6) is 1.74. The Morgan fingerprint density at radius 3 is 2.54 bits per heavy atom. The first-order valence-electron chi connectivity index (χ1n) is 11.6. The molecule has 1 amide bonds. The molecule has 1 N–H and O–H groups in total. The van der Waals surface area contributed by atoms with Crippen LogP contribution in [0.4, 0.5) is 5.95 Å². The second-order valence-corrected chi connectivity index (χ2v) is 8.90. The number of allylic oxidation sites excluding steroid dienone is 1. The van der Waals surface area contributed by atoms with E-state index in [0.717, 1.165) is 17.7 Å². The number of nitrogens with one attached hydrogen (secondary N) is 1. The molecule has 0 radical (unpaired) electrons. The topological polar surface area (TPSA) is 108 Å². The summed E-state index contributed by atoms with van der Waals surface area (Å²) in [5, 5.41) is 8.46. The number of esters is 1. The number of thioether (sulfide) groups is 1. The quantitative estimate of drug-likeness (QED) is 0.364. The number of carbonyl (C=O) groups is 2. The van der Waals surface area contributed by atoms with Gasteiger partial charge in [0.15, 0.2) is 18.1 Å². The Balaban J connectivity index is 1.98. The van der Waals surface area contributed by atoms with Gasteiger partial charge in [-0.25, -0.2) is 9.48 Å². The summed E-state index contributed by atoms with van der Waals surface area (Å²) in [4.78, 5) is 31.4. The molecule has 10 nitrogen and oxygen atoms in total. The van der Waals surface area contributed by atoms with Crippen molar-refractivity contribution in [1.82, 2.24) is 19.7 Å². The fraction of sp³-hybridized carbons (Fsp3) is 0.500. The Morgan fingerprint density at radius 1 is 1.17 bits per heavy atom. The summed E-state index contributed by atoms with van der Waals surface area (Å²) in [5.41, 5.74) is 1.80. The van der Waals surface area contributed by atoms with Gasteiger partial charge in [-0.2, -0.15) is 4.98 Å². The lowest BCUT2D eigenvalue weighted by molar-refractivity contribution is -0.136. The average molecular weight is 504 g/mol. The SMILES string of the molecule is CCCSc1nc2n(n1)C(c1ccc(OCC(=O)N(CC)CC)c(OC)c1)C(C(=O)OC)=C(C)N2. The average Bonchev–Trinajstić information content (AvgIpc) is 3.27. The minimum absolute atomic E-state index is 0.0948. The number of ether oxygens (including phenoxy) is 3. The maximum absolute atomic E-state index is 12.8. The van der Waals surface area contributed by atoms with Gasteiger partial charge in [-0.1, -0.05) is 24.8 Å². The molecule has 0 fully saturated rings. The molecule has 3 rings (SSSR count). The third kappa shape index (κ3) is 5.72. The van der Waals surface area contributed by atoms with Gasteiger partial charge < -0.3 is 24.4 Å². The van der Waals surface area contributed by atoms with Gasteiger partial charge in [-0.05, 0) is 44.9 Å². The predicted octanol–water partition coefficient (Wildman–Crippen LogP) is 3.50. The molecule has 0 aliphatic carbocycles. The number of rotatable bonds is 11. The van der Waals surface area contributed by atoms with E-state index in [1.165, 1.54) is 14.2 Å². The first-order chi connectivity index (χ1) is 16.9. The zero-order valence-electron chi connectivity index (χ0n) is 21.1. The number of hydrogen-bond donors (Lipinski definition) is 1. The van der Waals surface area contributed by atoms with Gasteiger partial charge in [0.05, 0.1) is 19.8 Å². The lowest BCUT2D eigenvalue weighted by Crippen LogP contribution is -2.34. The second kappa shape index (κ2) is 12.0. The molecule has 1 aromatic heterocycles. The van der Waals surface area contributed by atoms with E-state index in [9.17, 15) is 9.59 Å². The number of nitrogens with zero attached hydrogens (tertiary/aromatic N) is 4. The highest BCUT2D eigenvalue weighted by molar-refractivity contribution is 7.99. The highest BCUT2D eigenvalue weighted by atomic mass is 32.2. The lowest BCUT2D eigenvalue weighted by Gasteiger charge is -2.28. The van der Waals surface area contributed by atoms with Crippen molar-refractivity contribution in [3.05, 3.63) is 35.0 Å². The number of carbonyl (C=O) groups excluding carboxylic acids is 2. The van der Waals surface area contributed by atoms with Gasteiger partial charge in [0.1, 0.15) is 6.04 Å². The van der Waals surface area contributed by atoms with Crippen LogP contribution in [0.2, 0.25) is 0 Å². The van der Waals surface area contributed by atoms with Crippen molar-refractivity contribution < 1.29 is 23.8 Å². The van der Waals surface area contributed by atoms with Crippen LogP contribution in [0.1, 0.15) is 45.7 Å². The first kappa shape index (κ1) is 26.4. The molecule has 1 atom stereocenters. The van der Waals surface area contributed by atoms with Crippen LogP contribution < -0.4 is 14.8 Å². The molecule has 0 saturated heterocycles. The standard InChI is InChI=1S/C24H33N5O5S/c1-7-12-35-24-26-23-25-15(4)20(22(31)33-6)21(29(23)27-24)16-10-11-17(18(13-16)32-5)34-14-19(30)28(8-2)9-3/h10-11,13,21H,7-9,12,14H2,1-6H3,(H,25,26,27). The van der Waals surface area contributed by atoms with Crippen LogP contribution in [0.15, 0.2) is 34.6 Å². The largest absolute Gasteiger partial charge is 0.493 e. The van der Waals surface area contributed by atoms with Gasteiger partial charge in [0.25, 0.3) is 5.91 Å². The van der Waals surface area contributed by atoms with E-state index in [1.54, 1.807) is 33.5 Å². The fourth-order valence-electron chi connectivity index (χ4n) is 3.85. The molecule has 35 heavy (non-hydrogen) atoms. The molecule has 0 spiro atoms. The van der Waals surface area contributed by atoms with Crippen LogP contribution in [-0.2, 0) is 14.3 Å². The molecular formula is C24H33N5O5S. The van der Waals surface area contributed by atoms with Gasteiger partial charge in [0.2, 0.25) is 11.1 Å². The van der Waals surface area contributed by atoms with E-state index < -0.39 is 12.0 Å². The highest BCUT2D eigenvalue weighted by Crippen LogP contribution is 2.39. The van der Waals surface area contributed by atoms with E-state index in [2.05, 4.69) is 22.3 Å². The summed E-state index contributed by atoms with van der Waals surface area (Å²) >= 11 is 1.55. The molecule has 1 unspecified atom stereocenters. The summed E-state index contributed by atoms with van der Waals surface area (Å²) in [7, 11) is 2.88. The molecule has 2 heterocycles. The number of amides is 1. The van der Waals surface area contributed by atoms with Crippen molar-refractivity contribution in [3.63, 3.8) is 0 Å². The molecule has 0 bridgehead atoms. The summed E-state index contributed by atoms with van der Waals surface area (Å²) < 4.78 is 18.1. The normalized spacial score (nSPS) is 14.7. The first-order valence-corrected chi connectivity index (χ1v) is 12.6. The van der Waals surface area contributed by atoms with Crippen LogP contribution >= 0.6 is 11.8 Å². The Morgan fingerprint density at radius 2 is 1.91 bits per heavy atom. The Bertz CT molecular complexity index is 1100. The minimum Gasteiger partial charge on any atom is -0.493 e. The van der Waals surface area contributed by atoms with E-state index in [1.807, 2.05) is 26.8 Å². The van der Waals surface area contributed by atoms with Gasteiger partial charge in [-0.15, -0.1) is 5.10 Å². The molecule has 1 aliphatic rings. The van der Waals surface area contributed by atoms with Crippen LogP contribution in [0.3, 0.4) is 0 Å². The van der Waals surface area contributed by atoms with Crippen molar-refractivity contribution in [1.29, 1.82) is 0 Å². The molecular weight excluding hydrogens is 470 g/mol. The molecule has 1 aromatic carbocycles. The van der Waals surface area contributed by atoms with Crippen LogP contribution in [0, 0.1) is 0 Å². The third-order valence-electron chi connectivity index (χ3n) is 5.64.